The molecule has 12 heavy (non-hydrogen) atoms. The van der Waals surface area contributed by atoms with Gasteiger partial charge in [0.25, 0.3) is 10.2 Å². The Morgan fingerprint density at radius 2 is 2.25 bits per heavy atom. The van der Waals surface area contributed by atoms with Gasteiger partial charge in [-0.25, -0.2) is 5.14 Å². The topological polar surface area (TPSA) is 93.4 Å². The average Bonchev–Trinajstić information content (AvgIpc) is 2.31. The molecular formula is C5H13N3O3S. The van der Waals surface area contributed by atoms with Gasteiger partial charge in [0.2, 0.25) is 0 Å². The molecule has 2 atom stereocenters. The van der Waals surface area contributed by atoms with Crippen LogP contribution in [0.25, 0.3) is 0 Å². The molecule has 1 aliphatic heterocycles. The van der Waals surface area contributed by atoms with Crippen LogP contribution in [0.1, 0.15) is 0 Å². The first-order valence-corrected chi connectivity index (χ1v) is 5.11. The largest absolute Gasteiger partial charge is 0.378 e. The summed E-state index contributed by atoms with van der Waals surface area (Å²) in [6.45, 7) is 1.19. The van der Waals surface area contributed by atoms with E-state index >= 15 is 0 Å². The zero-order valence-corrected chi connectivity index (χ0v) is 7.60. The lowest BCUT2D eigenvalue weighted by Gasteiger charge is -2.16. The maximum absolute atomic E-state index is 10.6. The van der Waals surface area contributed by atoms with Crippen LogP contribution in [0, 0.1) is 0 Å². The molecule has 0 aromatic heterocycles. The van der Waals surface area contributed by atoms with Crippen LogP contribution in [0.15, 0.2) is 0 Å². The van der Waals surface area contributed by atoms with Gasteiger partial charge in [0.15, 0.2) is 0 Å². The van der Waals surface area contributed by atoms with Gasteiger partial charge in [-0.1, -0.05) is 0 Å². The molecule has 1 aliphatic rings. The van der Waals surface area contributed by atoms with Gasteiger partial charge in [-0.05, 0) is 0 Å². The lowest BCUT2D eigenvalue weighted by Crippen LogP contribution is -2.46. The Kier molecular flexibility index (Phi) is 3.02. The molecule has 1 fully saturated rings. The van der Waals surface area contributed by atoms with Crippen LogP contribution in [-0.4, -0.2) is 40.8 Å². The van der Waals surface area contributed by atoms with Crippen LogP contribution in [0.4, 0.5) is 0 Å². The van der Waals surface area contributed by atoms with Gasteiger partial charge in [0.1, 0.15) is 0 Å². The van der Waals surface area contributed by atoms with Gasteiger partial charge in [-0.3, -0.25) is 0 Å². The van der Waals surface area contributed by atoms with Crippen LogP contribution in [0.2, 0.25) is 0 Å². The third-order valence-electron chi connectivity index (χ3n) is 1.78. The minimum Gasteiger partial charge on any atom is -0.378 e. The van der Waals surface area contributed by atoms with Crippen LogP contribution < -0.4 is 15.2 Å². The number of ether oxygens (including phenoxy) is 1. The van der Waals surface area contributed by atoms with Crippen LogP contribution in [-0.2, 0) is 14.9 Å². The maximum Gasteiger partial charge on any atom is 0.274 e. The van der Waals surface area contributed by atoms with Crippen molar-refractivity contribution in [2.75, 3.05) is 20.2 Å². The van der Waals surface area contributed by atoms with Crippen molar-refractivity contribution in [1.82, 2.24) is 10.0 Å². The Labute approximate surface area is 71.6 Å². The zero-order valence-electron chi connectivity index (χ0n) is 6.78. The second kappa shape index (κ2) is 3.67. The summed E-state index contributed by atoms with van der Waals surface area (Å²) in [7, 11) is -2.08. The highest BCUT2D eigenvalue weighted by Gasteiger charge is 2.29. The summed E-state index contributed by atoms with van der Waals surface area (Å²) in [4.78, 5) is 0. The molecule has 0 bridgehead atoms. The molecule has 72 valence electrons. The standard InChI is InChI=1S/C5H13N3O3S/c1-11-5-3-7-2-4(5)8-12(6,9)10/h4-5,7-8H,2-3H2,1H3,(H2,6,9,10)/t4?,5-/m0/s1. The van der Waals surface area contributed by atoms with Crippen LogP contribution >= 0.6 is 0 Å². The molecule has 7 heteroatoms. The van der Waals surface area contributed by atoms with Crippen molar-refractivity contribution in [1.29, 1.82) is 0 Å². The van der Waals surface area contributed by atoms with Gasteiger partial charge in [0, 0.05) is 20.2 Å². The van der Waals surface area contributed by atoms with Crippen molar-refractivity contribution in [3.05, 3.63) is 0 Å². The lowest BCUT2D eigenvalue weighted by molar-refractivity contribution is 0.103. The van der Waals surface area contributed by atoms with Crippen molar-refractivity contribution in [3.63, 3.8) is 0 Å². The van der Waals surface area contributed by atoms with E-state index in [1.165, 1.54) is 7.11 Å². The van der Waals surface area contributed by atoms with Crippen LogP contribution in [0.5, 0.6) is 0 Å². The van der Waals surface area contributed by atoms with Crippen molar-refractivity contribution < 1.29 is 13.2 Å². The number of rotatable bonds is 3. The lowest BCUT2D eigenvalue weighted by atomic mass is 10.2. The molecule has 0 saturated carbocycles. The molecule has 0 amide bonds. The van der Waals surface area contributed by atoms with E-state index < -0.39 is 10.2 Å². The van der Waals surface area contributed by atoms with Crippen molar-refractivity contribution in [3.8, 4) is 0 Å². The Balaban J connectivity index is 2.52. The highest BCUT2D eigenvalue weighted by molar-refractivity contribution is 7.87. The third-order valence-corrected chi connectivity index (χ3v) is 2.41. The zero-order chi connectivity index (χ0) is 9.19. The summed E-state index contributed by atoms with van der Waals surface area (Å²) < 4.78 is 28.6. The highest BCUT2D eigenvalue weighted by atomic mass is 32.2. The Hall–Kier alpha value is -0.210. The first-order valence-electron chi connectivity index (χ1n) is 3.56. The summed E-state index contributed by atoms with van der Waals surface area (Å²) in [6, 6.07) is -0.259. The van der Waals surface area contributed by atoms with Crippen LogP contribution in [0.3, 0.4) is 0 Å². The van der Waals surface area contributed by atoms with E-state index in [1.54, 1.807) is 0 Å². The molecule has 1 rings (SSSR count). The Morgan fingerprint density at radius 3 is 2.75 bits per heavy atom. The summed E-state index contributed by atoms with van der Waals surface area (Å²) in [5, 5.41) is 7.80. The summed E-state index contributed by atoms with van der Waals surface area (Å²) in [5.41, 5.74) is 0. The number of hydrogen-bond acceptors (Lipinski definition) is 4. The van der Waals surface area contributed by atoms with E-state index in [0.717, 1.165) is 0 Å². The number of hydrogen-bond donors (Lipinski definition) is 3. The second-order valence-corrected chi connectivity index (χ2v) is 4.03. The van der Waals surface area contributed by atoms with E-state index in [4.69, 9.17) is 9.88 Å². The monoisotopic (exact) mass is 195 g/mol. The normalized spacial score (nSPS) is 30.8. The van der Waals surface area contributed by atoms with E-state index in [1.807, 2.05) is 0 Å². The van der Waals surface area contributed by atoms with Crippen molar-refractivity contribution in [2.24, 2.45) is 5.14 Å². The van der Waals surface area contributed by atoms with E-state index in [0.29, 0.717) is 13.1 Å². The molecule has 0 aliphatic carbocycles. The first kappa shape index (κ1) is 9.87. The third kappa shape index (κ3) is 2.68. The molecule has 0 aromatic rings. The van der Waals surface area contributed by atoms with Crippen molar-refractivity contribution >= 4 is 10.2 Å². The van der Waals surface area contributed by atoms with E-state index in [2.05, 4.69) is 10.0 Å². The fraction of sp³-hybridized carbons (Fsp3) is 1.00. The van der Waals surface area contributed by atoms with Gasteiger partial charge < -0.3 is 10.1 Å². The molecule has 0 aromatic carbocycles. The fourth-order valence-electron chi connectivity index (χ4n) is 1.23. The minimum absolute atomic E-state index is 0.136. The molecule has 4 N–H and O–H groups in total. The number of methoxy groups -OCH3 is 1. The Morgan fingerprint density at radius 1 is 1.58 bits per heavy atom. The SMILES string of the molecule is CO[C@H]1CNCC1NS(N)(=O)=O. The smallest absolute Gasteiger partial charge is 0.274 e. The molecule has 6 nitrogen and oxygen atoms in total. The quantitative estimate of drug-likeness (QED) is 0.475. The number of nitrogens with one attached hydrogen (secondary N) is 2. The molecule has 1 unspecified atom stereocenters. The number of nitrogens with two attached hydrogens (primary N) is 1. The predicted octanol–water partition coefficient (Wildman–Crippen LogP) is -2.23. The first-order chi connectivity index (χ1) is 5.53. The van der Waals surface area contributed by atoms with E-state index in [9.17, 15) is 8.42 Å². The molecule has 1 saturated heterocycles. The van der Waals surface area contributed by atoms with Gasteiger partial charge in [0.05, 0.1) is 12.1 Å². The molecule has 1 heterocycles. The molecule has 0 spiro atoms. The maximum atomic E-state index is 10.6. The average molecular weight is 195 g/mol. The summed E-state index contributed by atoms with van der Waals surface area (Å²) in [6.07, 6.45) is -0.136. The summed E-state index contributed by atoms with van der Waals surface area (Å²) in [5.74, 6) is 0. The second-order valence-electron chi connectivity index (χ2n) is 2.70. The predicted molar refractivity (Wildman–Crippen MR) is 43.7 cm³/mol. The minimum atomic E-state index is -3.62. The summed E-state index contributed by atoms with van der Waals surface area (Å²) >= 11 is 0. The Bertz CT molecular complexity index is 240. The van der Waals surface area contributed by atoms with Gasteiger partial charge in [-0.15, -0.1) is 0 Å². The van der Waals surface area contributed by atoms with E-state index in [-0.39, 0.29) is 12.1 Å². The highest BCUT2D eigenvalue weighted by Crippen LogP contribution is 2.03. The van der Waals surface area contributed by atoms with Gasteiger partial charge >= 0.3 is 0 Å². The van der Waals surface area contributed by atoms with Crippen molar-refractivity contribution in [2.45, 2.75) is 12.1 Å². The molecule has 0 radical (unpaired) electrons. The molecular weight excluding hydrogens is 182 g/mol. The van der Waals surface area contributed by atoms with Gasteiger partial charge in [-0.2, -0.15) is 13.1 Å². The fourth-order valence-corrected chi connectivity index (χ4v) is 1.89.